The van der Waals surface area contributed by atoms with Crippen molar-refractivity contribution in [3.8, 4) is 0 Å². The highest BCUT2D eigenvalue weighted by Gasteiger charge is 2.17. The maximum absolute atomic E-state index is 2.44. The van der Waals surface area contributed by atoms with E-state index in [1.54, 1.807) is 16.7 Å². The van der Waals surface area contributed by atoms with Crippen LogP contribution in [0.5, 0.6) is 0 Å². The second kappa shape index (κ2) is 4.16. The van der Waals surface area contributed by atoms with Gasteiger partial charge in [-0.15, -0.1) is 0 Å². The van der Waals surface area contributed by atoms with Crippen molar-refractivity contribution in [1.29, 1.82) is 0 Å². The summed E-state index contributed by atoms with van der Waals surface area (Å²) in [6.07, 6.45) is 6.48. The Morgan fingerprint density at radius 3 is 2.79 bits per heavy atom. The molecule has 0 N–H and O–H groups in total. The minimum Gasteiger partial charge on any atom is -0.0654 e. The van der Waals surface area contributed by atoms with Crippen molar-refractivity contribution in [2.24, 2.45) is 5.92 Å². The van der Waals surface area contributed by atoms with Gasteiger partial charge < -0.3 is 0 Å². The molecular formula is C14H20. The van der Waals surface area contributed by atoms with E-state index in [-0.39, 0.29) is 0 Å². The van der Waals surface area contributed by atoms with Crippen LogP contribution in [0.15, 0.2) is 18.2 Å². The summed E-state index contributed by atoms with van der Waals surface area (Å²) in [6, 6.07) is 7.12. The van der Waals surface area contributed by atoms with Crippen LogP contribution in [0.1, 0.15) is 43.4 Å². The second-order valence-corrected chi connectivity index (χ2v) is 4.72. The third-order valence-electron chi connectivity index (χ3n) is 3.23. The number of benzene rings is 1. The van der Waals surface area contributed by atoms with Gasteiger partial charge in [0.25, 0.3) is 0 Å². The predicted octanol–water partition coefficient (Wildman–Crippen LogP) is 3.76. The van der Waals surface area contributed by atoms with Gasteiger partial charge in [-0.3, -0.25) is 0 Å². The summed E-state index contributed by atoms with van der Waals surface area (Å²) in [4.78, 5) is 0. The first-order valence-corrected chi connectivity index (χ1v) is 5.90. The van der Waals surface area contributed by atoms with E-state index in [2.05, 4.69) is 32.0 Å². The zero-order valence-corrected chi connectivity index (χ0v) is 9.34. The maximum Gasteiger partial charge on any atom is -0.0247 e. The lowest BCUT2D eigenvalue weighted by molar-refractivity contribution is 0.627. The Bertz CT molecular complexity index is 312. The van der Waals surface area contributed by atoms with E-state index in [1.165, 1.54) is 32.1 Å². The SMILES string of the molecule is CCCCc1ccc2c(c1)CC(C)C2. The first-order valence-electron chi connectivity index (χ1n) is 5.90. The van der Waals surface area contributed by atoms with E-state index in [1.807, 2.05) is 0 Å². The van der Waals surface area contributed by atoms with Crippen LogP contribution in [0.25, 0.3) is 0 Å². The minimum atomic E-state index is 0.867. The maximum atomic E-state index is 2.44. The third-order valence-corrected chi connectivity index (χ3v) is 3.23. The summed E-state index contributed by atoms with van der Waals surface area (Å²) in [6.45, 7) is 4.61. The Labute approximate surface area is 87.3 Å². The number of rotatable bonds is 3. The lowest BCUT2D eigenvalue weighted by Gasteiger charge is -2.03. The molecule has 14 heavy (non-hydrogen) atoms. The Kier molecular flexibility index (Phi) is 2.90. The molecule has 0 saturated heterocycles. The third kappa shape index (κ3) is 2.00. The Hall–Kier alpha value is -0.780. The molecule has 0 heterocycles. The molecule has 0 saturated carbocycles. The smallest absolute Gasteiger partial charge is 0.0247 e. The first-order chi connectivity index (χ1) is 6.79. The topological polar surface area (TPSA) is 0 Å². The summed E-state index contributed by atoms with van der Waals surface area (Å²) in [5.41, 5.74) is 4.75. The first kappa shape index (κ1) is 9.76. The molecule has 1 aromatic rings. The fourth-order valence-electron chi connectivity index (χ4n) is 2.43. The van der Waals surface area contributed by atoms with Crippen molar-refractivity contribution < 1.29 is 0 Å². The normalized spacial score (nSPS) is 19.7. The van der Waals surface area contributed by atoms with Crippen molar-refractivity contribution >= 4 is 0 Å². The van der Waals surface area contributed by atoms with Crippen LogP contribution in [0.4, 0.5) is 0 Å². The van der Waals surface area contributed by atoms with E-state index in [0.29, 0.717) is 0 Å². The van der Waals surface area contributed by atoms with Crippen molar-refractivity contribution in [1.82, 2.24) is 0 Å². The molecule has 1 atom stereocenters. The molecule has 0 spiro atoms. The van der Waals surface area contributed by atoms with Crippen molar-refractivity contribution in [3.05, 3.63) is 34.9 Å². The Morgan fingerprint density at radius 2 is 2.00 bits per heavy atom. The molecule has 1 aromatic carbocycles. The van der Waals surface area contributed by atoms with E-state index in [0.717, 1.165) is 5.92 Å². The van der Waals surface area contributed by atoms with Gasteiger partial charge in [0.05, 0.1) is 0 Å². The molecule has 0 aromatic heterocycles. The molecule has 0 aliphatic heterocycles. The van der Waals surface area contributed by atoms with Gasteiger partial charge in [0, 0.05) is 0 Å². The lowest BCUT2D eigenvalue weighted by Crippen LogP contribution is -1.89. The average Bonchev–Trinajstić information content (AvgIpc) is 2.54. The fourth-order valence-corrected chi connectivity index (χ4v) is 2.43. The highest BCUT2D eigenvalue weighted by atomic mass is 14.2. The molecule has 0 nitrogen and oxygen atoms in total. The van der Waals surface area contributed by atoms with Crippen LogP contribution in [-0.2, 0) is 19.3 Å². The minimum absolute atomic E-state index is 0.867. The van der Waals surface area contributed by atoms with Crippen molar-refractivity contribution in [3.63, 3.8) is 0 Å². The van der Waals surface area contributed by atoms with Gasteiger partial charge >= 0.3 is 0 Å². The summed E-state index contributed by atoms with van der Waals surface area (Å²) >= 11 is 0. The molecule has 0 heteroatoms. The van der Waals surface area contributed by atoms with Gasteiger partial charge in [-0.2, -0.15) is 0 Å². The van der Waals surface area contributed by atoms with Gasteiger partial charge in [0.2, 0.25) is 0 Å². The Balaban J connectivity index is 2.12. The molecule has 76 valence electrons. The van der Waals surface area contributed by atoms with Crippen LogP contribution >= 0.6 is 0 Å². The number of hydrogen-bond acceptors (Lipinski definition) is 0. The number of aryl methyl sites for hydroxylation is 1. The fraction of sp³-hybridized carbons (Fsp3) is 0.571. The van der Waals surface area contributed by atoms with E-state index in [9.17, 15) is 0 Å². The lowest BCUT2D eigenvalue weighted by atomic mass is 10.0. The van der Waals surface area contributed by atoms with Gasteiger partial charge in [-0.1, -0.05) is 38.5 Å². The van der Waals surface area contributed by atoms with Gasteiger partial charge in [0.15, 0.2) is 0 Å². The predicted molar refractivity (Wildman–Crippen MR) is 61.6 cm³/mol. The number of fused-ring (bicyclic) bond motifs is 1. The molecule has 1 aliphatic carbocycles. The molecule has 0 amide bonds. The highest BCUT2D eigenvalue weighted by molar-refractivity contribution is 5.36. The monoisotopic (exact) mass is 188 g/mol. The molecule has 0 fully saturated rings. The molecular weight excluding hydrogens is 168 g/mol. The van der Waals surface area contributed by atoms with Crippen molar-refractivity contribution in [2.45, 2.75) is 46.0 Å². The molecule has 0 bridgehead atoms. The average molecular weight is 188 g/mol. The quantitative estimate of drug-likeness (QED) is 0.677. The van der Waals surface area contributed by atoms with Crippen LogP contribution in [0.3, 0.4) is 0 Å². The van der Waals surface area contributed by atoms with E-state index in [4.69, 9.17) is 0 Å². The Morgan fingerprint density at radius 1 is 1.21 bits per heavy atom. The summed E-state index contributed by atoms with van der Waals surface area (Å²) in [5.74, 6) is 0.867. The van der Waals surface area contributed by atoms with Gasteiger partial charge in [-0.05, 0) is 48.3 Å². The molecule has 1 unspecified atom stereocenters. The zero-order chi connectivity index (χ0) is 9.97. The molecule has 1 aliphatic rings. The van der Waals surface area contributed by atoms with E-state index < -0.39 is 0 Å². The summed E-state index contributed by atoms with van der Waals surface area (Å²) < 4.78 is 0. The molecule has 0 radical (unpaired) electrons. The summed E-state index contributed by atoms with van der Waals surface area (Å²) in [7, 11) is 0. The second-order valence-electron chi connectivity index (χ2n) is 4.72. The van der Waals surface area contributed by atoms with Crippen LogP contribution in [0, 0.1) is 5.92 Å². The number of hydrogen-bond donors (Lipinski definition) is 0. The van der Waals surface area contributed by atoms with Crippen LogP contribution in [-0.4, -0.2) is 0 Å². The van der Waals surface area contributed by atoms with Gasteiger partial charge in [-0.25, -0.2) is 0 Å². The zero-order valence-electron chi connectivity index (χ0n) is 9.34. The van der Waals surface area contributed by atoms with Crippen LogP contribution in [0.2, 0.25) is 0 Å². The number of unbranched alkanes of at least 4 members (excludes halogenated alkanes) is 1. The highest BCUT2D eigenvalue weighted by Crippen LogP contribution is 2.27. The summed E-state index contributed by atoms with van der Waals surface area (Å²) in [5, 5.41) is 0. The van der Waals surface area contributed by atoms with E-state index >= 15 is 0 Å². The van der Waals surface area contributed by atoms with Crippen molar-refractivity contribution in [2.75, 3.05) is 0 Å². The largest absolute Gasteiger partial charge is 0.0654 e. The molecule has 2 rings (SSSR count). The van der Waals surface area contributed by atoms with Gasteiger partial charge in [0.1, 0.15) is 0 Å². The standard InChI is InChI=1S/C14H20/c1-3-4-5-12-6-7-13-8-11(2)9-14(13)10-12/h6-7,10-11H,3-5,8-9H2,1-2H3. The van der Waals surface area contributed by atoms with Crippen LogP contribution < -0.4 is 0 Å².